The van der Waals surface area contributed by atoms with E-state index in [1.807, 2.05) is 56.3 Å². The second-order valence-corrected chi connectivity index (χ2v) is 11.2. The van der Waals surface area contributed by atoms with E-state index in [2.05, 4.69) is 17.2 Å². The van der Waals surface area contributed by atoms with Gasteiger partial charge in [0.05, 0.1) is 11.9 Å². The smallest absolute Gasteiger partial charge is 0.407 e. The number of carbonyl (C=O) groups excluding carboxylic acids is 3. The van der Waals surface area contributed by atoms with E-state index in [4.69, 9.17) is 16.3 Å². The molecule has 10 heteroatoms. The van der Waals surface area contributed by atoms with Gasteiger partial charge in [0.1, 0.15) is 12.6 Å². The van der Waals surface area contributed by atoms with E-state index < -0.39 is 34.9 Å². The summed E-state index contributed by atoms with van der Waals surface area (Å²) in [7, 11) is 0. The molecule has 1 aliphatic heterocycles. The minimum atomic E-state index is -1.61. The molecule has 37 heavy (non-hydrogen) atoms. The summed E-state index contributed by atoms with van der Waals surface area (Å²) in [6.07, 6.45) is -0.782. The Morgan fingerprint density at radius 1 is 1.22 bits per heavy atom. The van der Waals surface area contributed by atoms with Crippen molar-refractivity contribution in [3.05, 3.63) is 83.4 Å². The molecule has 2 aromatic rings. The average molecular weight is 546 g/mol. The summed E-state index contributed by atoms with van der Waals surface area (Å²) in [5.74, 6) is -0.791. The Kier molecular flexibility index (Phi) is 10.0. The van der Waals surface area contributed by atoms with Gasteiger partial charge in [0.2, 0.25) is 5.91 Å². The van der Waals surface area contributed by atoms with Crippen LogP contribution in [0.3, 0.4) is 0 Å². The number of aliphatic hydroxyl groups is 1. The molecule has 1 aliphatic rings. The number of halogens is 1. The predicted molar refractivity (Wildman–Crippen MR) is 145 cm³/mol. The SMILES string of the molecule is C=CCOC(=O)NC(Cc1ccccc1)C(O)C(=O)N1CSC(C)(C)C1C(=O)NCc1ccccc1Cl. The predicted octanol–water partition coefficient (Wildman–Crippen LogP) is 3.52. The molecule has 0 spiro atoms. The summed E-state index contributed by atoms with van der Waals surface area (Å²) >= 11 is 7.65. The highest BCUT2D eigenvalue weighted by atomic mass is 35.5. The molecule has 0 aromatic heterocycles. The molecule has 0 saturated carbocycles. The number of rotatable bonds is 10. The lowest BCUT2D eigenvalue weighted by molar-refractivity contribution is -0.147. The van der Waals surface area contributed by atoms with E-state index >= 15 is 0 Å². The minimum absolute atomic E-state index is 0.0153. The van der Waals surface area contributed by atoms with Crippen LogP contribution >= 0.6 is 23.4 Å². The van der Waals surface area contributed by atoms with Gasteiger partial charge in [0.15, 0.2) is 6.10 Å². The zero-order chi connectivity index (χ0) is 27.0. The highest BCUT2D eigenvalue weighted by molar-refractivity contribution is 8.00. The molecular formula is C27H32ClN3O5S. The highest BCUT2D eigenvalue weighted by Gasteiger charge is 2.49. The minimum Gasteiger partial charge on any atom is -0.445 e. The van der Waals surface area contributed by atoms with E-state index in [-0.39, 0.29) is 31.4 Å². The third kappa shape index (κ3) is 7.50. The van der Waals surface area contributed by atoms with Gasteiger partial charge < -0.3 is 25.4 Å². The summed E-state index contributed by atoms with van der Waals surface area (Å²) in [5.41, 5.74) is 1.57. The van der Waals surface area contributed by atoms with Crippen LogP contribution in [0.15, 0.2) is 67.3 Å². The molecule has 0 aliphatic carbocycles. The number of carbonyl (C=O) groups is 3. The molecule has 0 radical (unpaired) electrons. The fourth-order valence-corrected chi connectivity index (χ4v) is 5.46. The maximum absolute atomic E-state index is 13.6. The molecule has 3 atom stereocenters. The molecule has 3 unspecified atom stereocenters. The Morgan fingerprint density at radius 3 is 2.57 bits per heavy atom. The van der Waals surface area contributed by atoms with Gasteiger partial charge in [0.25, 0.3) is 5.91 Å². The van der Waals surface area contributed by atoms with Crippen LogP contribution < -0.4 is 10.6 Å². The number of thioether (sulfide) groups is 1. The van der Waals surface area contributed by atoms with E-state index in [0.29, 0.717) is 5.02 Å². The number of hydrogen-bond acceptors (Lipinski definition) is 6. The Balaban J connectivity index is 1.77. The van der Waals surface area contributed by atoms with Crippen molar-refractivity contribution in [2.75, 3.05) is 12.5 Å². The van der Waals surface area contributed by atoms with Crippen molar-refractivity contribution < 1.29 is 24.2 Å². The summed E-state index contributed by atoms with van der Waals surface area (Å²) < 4.78 is 4.40. The van der Waals surface area contributed by atoms with Gasteiger partial charge in [-0.2, -0.15) is 0 Å². The Hall–Kier alpha value is -3.01. The number of ether oxygens (including phenoxy) is 1. The zero-order valence-corrected chi connectivity index (χ0v) is 22.4. The van der Waals surface area contributed by atoms with Gasteiger partial charge in [0, 0.05) is 16.3 Å². The maximum atomic E-state index is 13.6. The maximum Gasteiger partial charge on any atom is 0.407 e. The van der Waals surface area contributed by atoms with Crippen LogP contribution in [0.25, 0.3) is 0 Å². The van der Waals surface area contributed by atoms with Crippen LogP contribution in [0.2, 0.25) is 5.02 Å². The first-order valence-corrected chi connectivity index (χ1v) is 13.2. The lowest BCUT2D eigenvalue weighted by Crippen LogP contribution is -2.58. The van der Waals surface area contributed by atoms with E-state index in [1.165, 1.54) is 22.7 Å². The van der Waals surface area contributed by atoms with Gasteiger partial charge in [-0.1, -0.05) is 72.8 Å². The fraction of sp³-hybridized carbons (Fsp3) is 0.370. The molecule has 0 bridgehead atoms. The number of nitrogens with one attached hydrogen (secondary N) is 2. The quantitative estimate of drug-likeness (QED) is 0.394. The van der Waals surface area contributed by atoms with Crippen molar-refractivity contribution in [2.45, 2.75) is 49.7 Å². The standard InChI is InChI=1S/C27H32ClN3O5S/c1-4-14-36-26(35)30-21(15-18-10-6-5-7-11-18)22(32)25(34)31-17-37-27(2,3)23(31)24(33)29-16-19-12-8-9-13-20(19)28/h4-13,21-23,32H,1,14-17H2,2-3H3,(H,29,33)(H,30,35). The van der Waals surface area contributed by atoms with Crippen molar-refractivity contribution in [1.82, 2.24) is 15.5 Å². The molecule has 3 amide bonds. The lowest BCUT2D eigenvalue weighted by atomic mass is 9.97. The summed E-state index contributed by atoms with van der Waals surface area (Å²) in [6, 6.07) is 14.5. The average Bonchev–Trinajstić information content (AvgIpc) is 3.21. The van der Waals surface area contributed by atoms with Crippen molar-refractivity contribution in [2.24, 2.45) is 0 Å². The number of nitrogens with zero attached hydrogens (tertiary/aromatic N) is 1. The molecule has 198 valence electrons. The Bertz CT molecular complexity index is 1110. The van der Waals surface area contributed by atoms with E-state index in [0.717, 1.165) is 11.1 Å². The van der Waals surface area contributed by atoms with Crippen LogP contribution in [0.1, 0.15) is 25.0 Å². The molecule has 3 N–H and O–H groups in total. The normalized spacial score (nSPS) is 17.9. The summed E-state index contributed by atoms with van der Waals surface area (Å²) in [6.45, 7) is 7.45. The molecule has 1 heterocycles. The topological polar surface area (TPSA) is 108 Å². The second kappa shape index (κ2) is 13.0. The van der Waals surface area contributed by atoms with Crippen molar-refractivity contribution in [3.63, 3.8) is 0 Å². The first-order chi connectivity index (χ1) is 17.6. The number of alkyl carbamates (subject to hydrolysis) is 1. The zero-order valence-electron chi connectivity index (χ0n) is 20.9. The lowest BCUT2D eigenvalue weighted by Gasteiger charge is -2.33. The number of amides is 3. The number of aliphatic hydroxyl groups excluding tert-OH is 1. The summed E-state index contributed by atoms with van der Waals surface area (Å²) in [4.78, 5) is 40.5. The van der Waals surface area contributed by atoms with Crippen LogP contribution in [0.4, 0.5) is 4.79 Å². The third-order valence-electron chi connectivity index (χ3n) is 6.06. The largest absolute Gasteiger partial charge is 0.445 e. The van der Waals surface area contributed by atoms with Crippen molar-refractivity contribution in [3.8, 4) is 0 Å². The molecular weight excluding hydrogens is 514 g/mol. The Morgan fingerprint density at radius 2 is 1.89 bits per heavy atom. The fourth-order valence-electron chi connectivity index (χ4n) is 4.11. The second-order valence-electron chi connectivity index (χ2n) is 9.17. The first kappa shape index (κ1) is 28.6. The van der Waals surface area contributed by atoms with E-state index in [1.54, 1.807) is 12.1 Å². The van der Waals surface area contributed by atoms with Crippen molar-refractivity contribution in [1.29, 1.82) is 0 Å². The van der Waals surface area contributed by atoms with Gasteiger partial charge >= 0.3 is 6.09 Å². The van der Waals surface area contributed by atoms with Crippen molar-refractivity contribution >= 4 is 41.3 Å². The highest BCUT2D eigenvalue weighted by Crippen LogP contribution is 2.40. The van der Waals surface area contributed by atoms with Gasteiger partial charge in [-0.15, -0.1) is 11.8 Å². The van der Waals surface area contributed by atoms with E-state index in [9.17, 15) is 19.5 Å². The van der Waals surface area contributed by atoms with Gasteiger partial charge in [-0.05, 0) is 37.5 Å². The summed E-state index contributed by atoms with van der Waals surface area (Å²) in [5, 5.41) is 17.1. The number of hydrogen-bond donors (Lipinski definition) is 3. The molecule has 3 rings (SSSR count). The Labute approximate surface area is 226 Å². The molecule has 1 saturated heterocycles. The molecule has 8 nitrogen and oxygen atoms in total. The molecule has 1 fully saturated rings. The van der Waals surface area contributed by atoms with Crippen LogP contribution in [0.5, 0.6) is 0 Å². The number of benzene rings is 2. The van der Waals surface area contributed by atoms with Crippen LogP contribution in [0, 0.1) is 0 Å². The van der Waals surface area contributed by atoms with Gasteiger partial charge in [-0.3, -0.25) is 9.59 Å². The first-order valence-electron chi connectivity index (χ1n) is 11.9. The monoisotopic (exact) mass is 545 g/mol. The molecule has 2 aromatic carbocycles. The van der Waals surface area contributed by atoms with Crippen LogP contribution in [-0.4, -0.2) is 63.3 Å². The van der Waals surface area contributed by atoms with Crippen LogP contribution in [-0.2, 0) is 27.3 Å². The van der Waals surface area contributed by atoms with Gasteiger partial charge in [-0.25, -0.2) is 4.79 Å². The third-order valence-corrected chi connectivity index (χ3v) is 7.80.